The van der Waals surface area contributed by atoms with E-state index in [0.29, 0.717) is 12.2 Å². The lowest BCUT2D eigenvalue weighted by Crippen LogP contribution is -2.32. The van der Waals surface area contributed by atoms with Crippen LogP contribution < -0.4 is 26.6 Å². The van der Waals surface area contributed by atoms with Crippen molar-refractivity contribution in [2.45, 2.75) is 12.8 Å². The van der Waals surface area contributed by atoms with Crippen molar-refractivity contribution in [2.75, 3.05) is 49.7 Å². The van der Waals surface area contributed by atoms with E-state index in [0.717, 1.165) is 13.0 Å². The minimum absolute atomic E-state index is 0.0244. The van der Waals surface area contributed by atoms with Crippen molar-refractivity contribution in [3.05, 3.63) is 66.0 Å². The summed E-state index contributed by atoms with van der Waals surface area (Å²) in [6.07, 6.45) is 8.54. The molecule has 17 nitrogen and oxygen atoms in total. The van der Waals surface area contributed by atoms with E-state index in [1.165, 1.54) is 51.5 Å². The Hall–Kier alpha value is -5.84. The molecule has 6 N–H and O–H groups in total. The molecule has 0 saturated heterocycles. The Balaban J connectivity index is 1.32. The van der Waals surface area contributed by atoms with Gasteiger partial charge in [-0.15, -0.1) is 0 Å². The number of hydrogen-bond acceptors (Lipinski definition) is 8. The minimum atomic E-state index is -0.675. The van der Waals surface area contributed by atoms with Crippen LogP contribution in [-0.2, 0) is 33.0 Å². The summed E-state index contributed by atoms with van der Waals surface area (Å²) in [5, 5.41) is 24.2. The maximum absolute atomic E-state index is 13.1. The lowest BCUT2D eigenvalue weighted by atomic mass is 10.3. The number of carbonyl (C=O) groups is 5. The summed E-state index contributed by atoms with van der Waals surface area (Å²) in [6.45, 7) is 1.58. The molecule has 5 amide bonds. The molecule has 0 aliphatic carbocycles. The molecule has 0 spiro atoms. The van der Waals surface area contributed by atoms with Gasteiger partial charge in [0.25, 0.3) is 23.6 Å². The third-order valence-corrected chi connectivity index (χ3v) is 7.38. The Morgan fingerprint density at radius 2 is 1.38 bits per heavy atom. The zero-order chi connectivity index (χ0) is 35.1. The number of rotatable bonds is 14. The van der Waals surface area contributed by atoms with Gasteiger partial charge in [0, 0.05) is 78.7 Å². The van der Waals surface area contributed by atoms with Crippen molar-refractivity contribution in [2.24, 2.45) is 28.2 Å². The van der Waals surface area contributed by atoms with E-state index >= 15 is 0 Å². The van der Waals surface area contributed by atoms with Crippen LogP contribution in [0.5, 0.6) is 5.75 Å². The summed E-state index contributed by atoms with van der Waals surface area (Å²) in [6, 6.07) is 2.97. The molecule has 0 aliphatic heterocycles. The van der Waals surface area contributed by atoms with Gasteiger partial charge in [0.1, 0.15) is 17.1 Å². The molecule has 4 heterocycles. The van der Waals surface area contributed by atoms with E-state index < -0.39 is 29.4 Å². The predicted molar refractivity (Wildman–Crippen MR) is 178 cm³/mol. The topological polar surface area (TPSA) is 202 Å². The first-order valence-corrected chi connectivity index (χ1v) is 15.1. The lowest BCUT2D eigenvalue weighted by molar-refractivity contribution is -0.120. The van der Waals surface area contributed by atoms with Gasteiger partial charge in [-0.3, -0.25) is 24.0 Å². The summed E-state index contributed by atoms with van der Waals surface area (Å²) in [5.41, 5.74) is 1.05. The minimum Gasteiger partial charge on any atom is -0.504 e. The highest BCUT2D eigenvalue weighted by Crippen LogP contribution is 2.30. The van der Waals surface area contributed by atoms with Gasteiger partial charge < -0.3 is 54.9 Å². The summed E-state index contributed by atoms with van der Waals surface area (Å²) in [4.78, 5) is 69.5. The molecule has 0 unspecified atom stereocenters. The Bertz CT molecular complexity index is 1830. The number of nitrogens with one attached hydrogen (secondary N) is 5. The first kappa shape index (κ1) is 35.0. The molecule has 48 heavy (non-hydrogen) atoms. The first-order valence-electron chi connectivity index (χ1n) is 15.1. The van der Waals surface area contributed by atoms with Crippen LogP contribution in [0, 0.1) is 0 Å². The van der Waals surface area contributed by atoms with Crippen molar-refractivity contribution in [3.63, 3.8) is 0 Å². The fourth-order valence-corrected chi connectivity index (χ4v) is 4.93. The summed E-state index contributed by atoms with van der Waals surface area (Å²) in [7, 11) is 10.4. The van der Waals surface area contributed by atoms with E-state index in [-0.39, 0.29) is 53.2 Å². The summed E-state index contributed by atoms with van der Waals surface area (Å²) < 4.78 is 5.94. The third-order valence-electron chi connectivity index (χ3n) is 7.38. The van der Waals surface area contributed by atoms with Gasteiger partial charge in [0.05, 0.1) is 11.4 Å². The number of carbonyl (C=O) groups excluding carboxylic acids is 5. The maximum Gasteiger partial charge on any atom is 0.291 e. The standard InChI is InChI=1S/C31H41N11O6/c1-38(2)12-7-9-32-24(43)8-10-34-28(45)22-14-19(16-40(22)4)35-29(46)23-15-20(17-41(23)5)36-30(47)25-26(44)21(18-42(25)6)37-31(48)27-33-11-13-39(27)3/h11,13-18,44H,7-10,12H2,1-6H3,(H,32,43)(H,34,45)(H,35,46)(H,36,47)(H,37,48). The van der Waals surface area contributed by atoms with E-state index in [1.54, 1.807) is 38.1 Å². The molecule has 0 saturated carbocycles. The van der Waals surface area contributed by atoms with Gasteiger partial charge in [-0.05, 0) is 39.2 Å². The number of aryl methyl sites for hydroxylation is 4. The quantitative estimate of drug-likeness (QED) is 0.108. The molecule has 0 atom stereocenters. The fraction of sp³-hybridized carbons (Fsp3) is 0.355. The van der Waals surface area contributed by atoms with Gasteiger partial charge in [-0.2, -0.15) is 0 Å². The molecule has 17 heteroatoms. The van der Waals surface area contributed by atoms with Crippen LogP contribution in [0.15, 0.2) is 43.1 Å². The second-order valence-corrected chi connectivity index (χ2v) is 11.5. The van der Waals surface area contributed by atoms with Gasteiger partial charge in [0.2, 0.25) is 5.91 Å². The van der Waals surface area contributed by atoms with Crippen molar-refractivity contribution in [1.29, 1.82) is 0 Å². The van der Waals surface area contributed by atoms with Crippen LogP contribution >= 0.6 is 0 Å². The predicted octanol–water partition coefficient (Wildman–Crippen LogP) is 1.09. The van der Waals surface area contributed by atoms with Crippen LogP contribution in [-0.4, -0.2) is 96.5 Å². The molecule has 256 valence electrons. The Kier molecular flexibility index (Phi) is 11.1. The van der Waals surface area contributed by atoms with Crippen LogP contribution in [0.25, 0.3) is 0 Å². The van der Waals surface area contributed by atoms with Crippen LogP contribution in [0.3, 0.4) is 0 Å². The molecular weight excluding hydrogens is 622 g/mol. The molecule has 0 fully saturated rings. The summed E-state index contributed by atoms with van der Waals surface area (Å²) >= 11 is 0. The highest BCUT2D eigenvalue weighted by atomic mass is 16.3. The second kappa shape index (κ2) is 15.2. The van der Waals surface area contributed by atoms with Crippen molar-refractivity contribution in [1.82, 2.24) is 38.8 Å². The van der Waals surface area contributed by atoms with E-state index in [9.17, 15) is 29.1 Å². The van der Waals surface area contributed by atoms with Crippen LogP contribution in [0.2, 0.25) is 0 Å². The number of amides is 5. The third kappa shape index (κ3) is 8.49. The molecule has 4 rings (SSSR count). The molecule has 4 aromatic heterocycles. The van der Waals surface area contributed by atoms with Gasteiger partial charge >= 0.3 is 0 Å². The number of aromatic nitrogens is 5. The van der Waals surface area contributed by atoms with Crippen LogP contribution in [0.4, 0.5) is 17.1 Å². The Labute approximate surface area is 276 Å². The molecule has 0 aromatic carbocycles. The number of anilines is 3. The van der Waals surface area contributed by atoms with E-state index in [2.05, 4.69) is 31.6 Å². The molecule has 0 bridgehead atoms. The molecule has 0 aliphatic rings. The zero-order valence-electron chi connectivity index (χ0n) is 27.7. The number of imidazole rings is 1. The monoisotopic (exact) mass is 663 g/mol. The van der Waals surface area contributed by atoms with Gasteiger partial charge in [0.15, 0.2) is 17.3 Å². The van der Waals surface area contributed by atoms with Crippen LogP contribution in [0.1, 0.15) is 54.9 Å². The fourth-order valence-electron chi connectivity index (χ4n) is 4.93. The maximum atomic E-state index is 13.1. The average molecular weight is 664 g/mol. The van der Waals surface area contributed by atoms with Gasteiger partial charge in [-0.1, -0.05) is 0 Å². The molecule has 0 radical (unpaired) electrons. The Morgan fingerprint density at radius 1 is 0.750 bits per heavy atom. The second-order valence-electron chi connectivity index (χ2n) is 11.5. The normalized spacial score (nSPS) is 11.0. The number of aromatic hydroxyl groups is 1. The number of nitrogens with zero attached hydrogens (tertiary/aromatic N) is 6. The first-order chi connectivity index (χ1) is 22.7. The van der Waals surface area contributed by atoms with E-state index in [1.807, 2.05) is 19.0 Å². The van der Waals surface area contributed by atoms with Crippen molar-refractivity contribution < 1.29 is 29.1 Å². The van der Waals surface area contributed by atoms with Gasteiger partial charge in [-0.25, -0.2) is 4.98 Å². The number of hydrogen-bond donors (Lipinski definition) is 6. The molecular formula is C31H41N11O6. The SMILES string of the molecule is CN(C)CCCNC(=O)CCNC(=O)c1cc(NC(=O)c2cc(NC(=O)c3c(O)c(NC(=O)c4nccn4C)cn3C)cn2C)cn1C. The Morgan fingerprint density at radius 3 is 1.98 bits per heavy atom. The molecule has 4 aromatic rings. The van der Waals surface area contributed by atoms with Crippen molar-refractivity contribution in [3.8, 4) is 5.75 Å². The lowest BCUT2D eigenvalue weighted by Gasteiger charge is -2.10. The summed E-state index contributed by atoms with van der Waals surface area (Å²) in [5.74, 6) is -2.60. The van der Waals surface area contributed by atoms with E-state index in [4.69, 9.17) is 0 Å². The highest BCUT2D eigenvalue weighted by molar-refractivity contribution is 6.10. The smallest absolute Gasteiger partial charge is 0.291 e. The van der Waals surface area contributed by atoms with Crippen molar-refractivity contribution >= 4 is 46.6 Å². The zero-order valence-corrected chi connectivity index (χ0v) is 27.7. The average Bonchev–Trinajstić information content (AvgIpc) is 3.77. The highest BCUT2D eigenvalue weighted by Gasteiger charge is 2.24. The largest absolute Gasteiger partial charge is 0.504 e.